The van der Waals surface area contributed by atoms with Gasteiger partial charge in [0.1, 0.15) is 5.75 Å². The highest BCUT2D eigenvalue weighted by Crippen LogP contribution is 2.38. The van der Waals surface area contributed by atoms with E-state index < -0.39 is 0 Å². The molecule has 1 saturated heterocycles. The number of rotatable bonds is 7. The summed E-state index contributed by atoms with van der Waals surface area (Å²) in [6, 6.07) is 10.8. The van der Waals surface area contributed by atoms with E-state index in [0.29, 0.717) is 6.10 Å². The first-order valence-electron chi connectivity index (χ1n) is 7.81. The molecular weight excluding hydrogens is 250 g/mol. The molecule has 2 atom stereocenters. The molecule has 2 unspecified atom stereocenters. The molecule has 2 aliphatic rings. The van der Waals surface area contributed by atoms with Gasteiger partial charge in [-0.2, -0.15) is 0 Å². The van der Waals surface area contributed by atoms with Crippen molar-refractivity contribution in [3.05, 3.63) is 30.3 Å². The third-order valence-corrected chi connectivity index (χ3v) is 4.76. The highest BCUT2D eigenvalue weighted by Gasteiger charge is 2.42. The molecule has 1 saturated carbocycles. The first-order valence-corrected chi connectivity index (χ1v) is 7.81. The van der Waals surface area contributed by atoms with Crippen molar-refractivity contribution in [3.63, 3.8) is 0 Å². The highest BCUT2D eigenvalue weighted by molar-refractivity contribution is 5.20. The van der Waals surface area contributed by atoms with Gasteiger partial charge in [-0.1, -0.05) is 18.2 Å². The molecule has 1 heterocycles. The summed E-state index contributed by atoms with van der Waals surface area (Å²) < 4.78 is 11.7. The Morgan fingerprint density at radius 3 is 2.75 bits per heavy atom. The van der Waals surface area contributed by atoms with Crippen LogP contribution in [0.3, 0.4) is 0 Å². The van der Waals surface area contributed by atoms with Crippen molar-refractivity contribution in [1.82, 2.24) is 5.32 Å². The van der Waals surface area contributed by atoms with Crippen LogP contribution in [0.1, 0.15) is 32.6 Å². The Morgan fingerprint density at radius 2 is 2.10 bits per heavy atom. The van der Waals surface area contributed by atoms with Crippen LogP contribution < -0.4 is 10.1 Å². The fraction of sp³-hybridized carbons (Fsp3) is 0.647. The van der Waals surface area contributed by atoms with Crippen LogP contribution in [0.4, 0.5) is 0 Å². The van der Waals surface area contributed by atoms with E-state index in [-0.39, 0.29) is 5.41 Å². The predicted molar refractivity (Wildman–Crippen MR) is 80.0 cm³/mol. The van der Waals surface area contributed by atoms with Crippen LogP contribution in [0, 0.1) is 5.41 Å². The molecule has 1 aromatic rings. The monoisotopic (exact) mass is 275 g/mol. The second-order valence-electron chi connectivity index (χ2n) is 6.19. The second kappa shape index (κ2) is 6.15. The Bertz CT molecular complexity index is 418. The molecule has 20 heavy (non-hydrogen) atoms. The molecular formula is C17H25NO2. The SMILES string of the molecule is CC1OCCC1(CCOc1ccccc1)CNC1CC1. The normalized spacial score (nSPS) is 29.6. The Balaban J connectivity index is 1.53. The molecule has 1 aliphatic heterocycles. The zero-order chi connectivity index (χ0) is 13.8. The Morgan fingerprint density at radius 1 is 1.30 bits per heavy atom. The lowest BCUT2D eigenvalue weighted by Crippen LogP contribution is -2.41. The second-order valence-corrected chi connectivity index (χ2v) is 6.19. The van der Waals surface area contributed by atoms with E-state index in [1.54, 1.807) is 0 Å². The van der Waals surface area contributed by atoms with E-state index >= 15 is 0 Å². The maximum Gasteiger partial charge on any atom is 0.119 e. The number of benzene rings is 1. The summed E-state index contributed by atoms with van der Waals surface area (Å²) in [6.07, 6.45) is 5.21. The number of para-hydroxylation sites is 1. The molecule has 3 nitrogen and oxygen atoms in total. The van der Waals surface area contributed by atoms with Gasteiger partial charge < -0.3 is 14.8 Å². The van der Waals surface area contributed by atoms with Crippen molar-refractivity contribution >= 4 is 0 Å². The van der Waals surface area contributed by atoms with Crippen molar-refractivity contribution in [2.45, 2.75) is 44.8 Å². The lowest BCUT2D eigenvalue weighted by Gasteiger charge is -2.32. The Labute approximate surface area is 121 Å². The van der Waals surface area contributed by atoms with E-state index in [9.17, 15) is 0 Å². The summed E-state index contributed by atoms with van der Waals surface area (Å²) in [5.41, 5.74) is 0.247. The molecule has 0 radical (unpaired) electrons. The lowest BCUT2D eigenvalue weighted by atomic mass is 9.78. The molecule has 2 fully saturated rings. The maximum absolute atomic E-state index is 5.88. The first-order chi connectivity index (χ1) is 9.78. The lowest BCUT2D eigenvalue weighted by molar-refractivity contribution is 0.0502. The summed E-state index contributed by atoms with van der Waals surface area (Å²) in [4.78, 5) is 0. The number of nitrogens with one attached hydrogen (secondary N) is 1. The molecule has 0 bridgehead atoms. The fourth-order valence-corrected chi connectivity index (χ4v) is 2.99. The van der Waals surface area contributed by atoms with Crippen LogP contribution in [0.15, 0.2) is 30.3 Å². The van der Waals surface area contributed by atoms with E-state index in [1.807, 2.05) is 30.3 Å². The average molecular weight is 275 g/mol. The standard InChI is InChI=1S/C17H25NO2/c1-14-17(9-11-19-14,13-18-15-7-8-15)10-12-20-16-5-3-2-4-6-16/h2-6,14-15,18H,7-13H2,1H3. The van der Waals surface area contributed by atoms with Crippen LogP contribution in [0.5, 0.6) is 5.75 Å². The average Bonchev–Trinajstić information content (AvgIpc) is 3.23. The summed E-state index contributed by atoms with van der Waals surface area (Å²) >= 11 is 0. The summed E-state index contributed by atoms with van der Waals surface area (Å²) in [5, 5.41) is 3.68. The maximum atomic E-state index is 5.88. The molecule has 110 valence electrons. The Kier molecular flexibility index (Phi) is 4.27. The van der Waals surface area contributed by atoms with E-state index in [1.165, 1.54) is 12.8 Å². The van der Waals surface area contributed by atoms with Gasteiger partial charge in [-0.15, -0.1) is 0 Å². The van der Waals surface area contributed by atoms with Gasteiger partial charge in [0, 0.05) is 24.6 Å². The third kappa shape index (κ3) is 3.33. The molecule has 1 aliphatic carbocycles. The van der Waals surface area contributed by atoms with Gasteiger partial charge in [0.05, 0.1) is 12.7 Å². The van der Waals surface area contributed by atoms with Gasteiger partial charge in [0.25, 0.3) is 0 Å². The van der Waals surface area contributed by atoms with Crippen LogP contribution in [-0.4, -0.2) is 31.9 Å². The van der Waals surface area contributed by atoms with E-state index in [4.69, 9.17) is 9.47 Å². The topological polar surface area (TPSA) is 30.5 Å². The minimum Gasteiger partial charge on any atom is -0.494 e. The third-order valence-electron chi connectivity index (χ3n) is 4.76. The summed E-state index contributed by atoms with van der Waals surface area (Å²) in [6.45, 7) is 4.93. The van der Waals surface area contributed by atoms with Crippen molar-refractivity contribution in [3.8, 4) is 5.75 Å². The molecule has 0 amide bonds. The van der Waals surface area contributed by atoms with Crippen LogP contribution in [-0.2, 0) is 4.74 Å². The van der Waals surface area contributed by atoms with Crippen LogP contribution in [0.25, 0.3) is 0 Å². The Hall–Kier alpha value is -1.06. The van der Waals surface area contributed by atoms with Gasteiger partial charge in [-0.3, -0.25) is 0 Å². The van der Waals surface area contributed by atoms with Crippen molar-refractivity contribution in [2.24, 2.45) is 5.41 Å². The molecule has 1 N–H and O–H groups in total. The zero-order valence-corrected chi connectivity index (χ0v) is 12.3. The fourth-order valence-electron chi connectivity index (χ4n) is 2.99. The molecule has 0 spiro atoms. The van der Waals surface area contributed by atoms with Crippen molar-refractivity contribution < 1.29 is 9.47 Å². The van der Waals surface area contributed by atoms with Crippen LogP contribution >= 0.6 is 0 Å². The van der Waals surface area contributed by atoms with Crippen molar-refractivity contribution in [2.75, 3.05) is 19.8 Å². The number of hydrogen-bond acceptors (Lipinski definition) is 3. The van der Waals surface area contributed by atoms with E-state index in [2.05, 4.69) is 12.2 Å². The van der Waals surface area contributed by atoms with E-state index in [0.717, 1.165) is 44.4 Å². The molecule has 0 aromatic heterocycles. The largest absolute Gasteiger partial charge is 0.494 e. The smallest absolute Gasteiger partial charge is 0.119 e. The summed E-state index contributed by atoms with van der Waals surface area (Å²) in [5.74, 6) is 0.962. The number of hydrogen-bond donors (Lipinski definition) is 1. The molecule has 3 rings (SSSR count). The molecule has 1 aromatic carbocycles. The minimum atomic E-state index is 0.247. The molecule has 3 heteroatoms. The number of ether oxygens (including phenoxy) is 2. The predicted octanol–water partition coefficient (Wildman–Crippen LogP) is 3.00. The quantitative estimate of drug-likeness (QED) is 0.830. The zero-order valence-electron chi connectivity index (χ0n) is 12.3. The van der Waals surface area contributed by atoms with Crippen molar-refractivity contribution in [1.29, 1.82) is 0 Å². The van der Waals surface area contributed by atoms with Gasteiger partial charge >= 0.3 is 0 Å². The van der Waals surface area contributed by atoms with Crippen LogP contribution in [0.2, 0.25) is 0 Å². The minimum absolute atomic E-state index is 0.247. The van der Waals surface area contributed by atoms with Gasteiger partial charge in [0.2, 0.25) is 0 Å². The first kappa shape index (κ1) is 13.9. The van der Waals surface area contributed by atoms with Gasteiger partial charge in [-0.05, 0) is 44.7 Å². The van der Waals surface area contributed by atoms with Gasteiger partial charge in [-0.25, -0.2) is 0 Å². The van der Waals surface area contributed by atoms with Gasteiger partial charge in [0.15, 0.2) is 0 Å². The summed E-state index contributed by atoms with van der Waals surface area (Å²) in [7, 11) is 0. The highest BCUT2D eigenvalue weighted by atomic mass is 16.5.